The summed E-state index contributed by atoms with van der Waals surface area (Å²) < 4.78 is 5.73. The van der Waals surface area contributed by atoms with Gasteiger partial charge in [-0.05, 0) is 42.7 Å². The Morgan fingerprint density at radius 3 is 2.49 bits per heavy atom. The number of methoxy groups -OCH3 is 1. The molecule has 2 amide bonds. The van der Waals surface area contributed by atoms with Crippen molar-refractivity contribution < 1.29 is 14.3 Å². The lowest BCUT2D eigenvalue weighted by molar-refractivity contribution is -0.166. The Morgan fingerprint density at radius 2 is 1.67 bits per heavy atom. The molecule has 2 unspecified atom stereocenters. The van der Waals surface area contributed by atoms with Crippen molar-refractivity contribution in [1.82, 2.24) is 19.8 Å². The highest BCUT2D eigenvalue weighted by Gasteiger charge is 2.56. The molecule has 0 radical (unpaired) electrons. The number of H-pyrrole nitrogens is 2. The molecule has 0 saturated carbocycles. The number of nitrogens with one attached hydrogen (secondary N) is 2. The fourth-order valence-corrected chi connectivity index (χ4v) is 6.69. The molecule has 2 aliphatic heterocycles. The molecule has 2 aromatic heterocycles. The van der Waals surface area contributed by atoms with Crippen molar-refractivity contribution in [3.63, 3.8) is 0 Å². The van der Waals surface area contributed by atoms with Gasteiger partial charge in [0, 0.05) is 52.6 Å². The van der Waals surface area contributed by atoms with Crippen LogP contribution in [0.5, 0.6) is 5.75 Å². The van der Waals surface area contributed by atoms with Crippen LogP contribution in [-0.4, -0.2) is 58.3 Å². The average Bonchev–Trinajstić information content (AvgIpc) is 3.57. The van der Waals surface area contributed by atoms with Crippen molar-refractivity contribution in [3.8, 4) is 5.75 Å². The predicted octanol–water partition coefficient (Wildman–Crippen LogP) is 4.93. The molecular formula is C32H30N4O3. The topological polar surface area (TPSA) is 81.4 Å². The highest BCUT2D eigenvalue weighted by Crippen LogP contribution is 2.49. The third kappa shape index (κ3) is 3.42. The fourth-order valence-electron chi connectivity index (χ4n) is 6.69. The zero-order valence-electron chi connectivity index (χ0n) is 22.0. The summed E-state index contributed by atoms with van der Waals surface area (Å²) in [5.74, 6) is 0.557. The molecule has 7 rings (SSSR count). The van der Waals surface area contributed by atoms with E-state index in [1.807, 2.05) is 67.7 Å². The van der Waals surface area contributed by atoms with Crippen molar-refractivity contribution in [2.45, 2.75) is 24.8 Å². The molecule has 2 aliphatic rings. The SMILES string of the molecule is COc1ccccc1C1CN2C(=O)CN(CCc3c[nH]c4ccccc34)C(=O)C2(C)c2[nH]c3ccccc3c21. The molecule has 3 aromatic carbocycles. The van der Waals surface area contributed by atoms with Crippen LogP contribution in [0.4, 0.5) is 0 Å². The zero-order chi connectivity index (χ0) is 26.7. The van der Waals surface area contributed by atoms with Crippen LogP contribution >= 0.6 is 0 Å². The number of aromatic amines is 2. The van der Waals surface area contributed by atoms with Crippen LogP contribution in [0.1, 0.15) is 35.2 Å². The van der Waals surface area contributed by atoms with Gasteiger partial charge in [0.25, 0.3) is 5.91 Å². The summed E-state index contributed by atoms with van der Waals surface area (Å²) in [6.07, 6.45) is 2.67. The van der Waals surface area contributed by atoms with E-state index >= 15 is 0 Å². The van der Waals surface area contributed by atoms with Gasteiger partial charge in [0.2, 0.25) is 5.91 Å². The van der Waals surface area contributed by atoms with E-state index in [0.29, 0.717) is 19.5 Å². The van der Waals surface area contributed by atoms with Crippen LogP contribution in [-0.2, 0) is 21.5 Å². The van der Waals surface area contributed by atoms with Crippen LogP contribution in [0, 0.1) is 0 Å². The molecule has 196 valence electrons. The number of para-hydroxylation sites is 3. The fraction of sp³-hybridized carbons (Fsp3) is 0.250. The first-order valence-corrected chi connectivity index (χ1v) is 13.4. The lowest BCUT2D eigenvalue weighted by Crippen LogP contribution is -2.67. The molecule has 1 fully saturated rings. The largest absolute Gasteiger partial charge is 0.496 e. The van der Waals surface area contributed by atoms with Crippen LogP contribution in [0.15, 0.2) is 79.0 Å². The molecular weight excluding hydrogens is 488 g/mol. The van der Waals surface area contributed by atoms with Crippen LogP contribution in [0.3, 0.4) is 0 Å². The Hall–Kier alpha value is -4.52. The second kappa shape index (κ2) is 8.76. The molecule has 2 N–H and O–H groups in total. The van der Waals surface area contributed by atoms with E-state index in [0.717, 1.165) is 49.9 Å². The van der Waals surface area contributed by atoms with Crippen molar-refractivity contribution in [2.24, 2.45) is 0 Å². The van der Waals surface area contributed by atoms with E-state index in [-0.39, 0.29) is 24.3 Å². The van der Waals surface area contributed by atoms with E-state index < -0.39 is 5.54 Å². The van der Waals surface area contributed by atoms with Gasteiger partial charge in [0.15, 0.2) is 5.54 Å². The first-order chi connectivity index (χ1) is 19.0. The molecule has 39 heavy (non-hydrogen) atoms. The minimum Gasteiger partial charge on any atom is -0.496 e. The maximum atomic E-state index is 14.3. The highest BCUT2D eigenvalue weighted by atomic mass is 16.5. The molecule has 0 bridgehead atoms. The van der Waals surface area contributed by atoms with Gasteiger partial charge in [-0.1, -0.05) is 54.6 Å². The van der Waals surface area contributed by atoms with E-state index in [1.54, 1.807) is 16.9 Å². The maximum Gasteiger partial charge on any atom is 0.254 e. The number of hydrogen-bond acceptors (Lipinski definition) is 3. The van der Waals surface area contributed by atoms with Gasteiger partial charge >= 0.3 is 0 Å². The normalized spacial score (nSPS) is 20.9. The number of rotatable bonds is 5. The maximum absolute atomic E-state index is 14.3. The molecule has 5 aromatic rings. The van der Waals surface area contributed by atoms with Gasteiger partial charge in [0.05, 0.1) is 19.3 Å². The van der Waals surface area contributed by atoms with Gasteiger partial charge in [-0.15, -0.1) is 0 Å². The molecule has 4 heterocycles. The number of benzene rings is 3. The Labute approximate surface area is 226 Å². The smallest absolute Gasteiger partial charge is 0.254 e. The van der Waals surface area contributed by atoms with Crippen LogP contribution in [0.2, 0.25) is 0 Å². The second-order valence-electron chi connectivity index (χ2n) is 10.7. The van der Waals surface area contributed by atoms with Crippen molar-refractivity contribution in [1.29, 1.82) is 0 Å². The van der Waals surface area contributed by atoms with E-state index in [1.165, 1.54) is 0 Å². The van der Waals surface area contributed by atoms with E-state index in [2.05, 4.69) is 28.2 Å². The zero-order valence-corrected chi connectivity index (χ0v) is 22.0. The van der Waals surface area contributed by atoms with Crippen LogP contribution < -0.4 is 4.74 Å². The lowest BCUT2D eigenvalue weighted by Gasteiger charge is -2.51. The highest BCUT2D eigenvalue weighted by molar-refractivity contribution is 6.01. The summed E-state index contributed by atoms with van der Waals surface area (Å²) in [5.41, 5.74) is 4.92. The van der Waals surface area contributed by atoms with Gasteiger partial charge in [0.1, 0.15) is 5.75 Å². The first kappa shape index (κ1) is 23.6. The lowest BCUT2D eigenvalue weighted by atomic mass is 9.76. The van der Waals surface area contributed by atoms with Gasteiger partial charge in [-0.3, -0.25) is 9.59 Å². The van der Waals surface area contributed by atoms with Crippen molar-refractivity contribution in [2.75, 3.05) is 26.7 Å². The summed E-state index contributed by atoms with van der Waals surface area (Å²) in [7, 11) is 1.67. The molecule has 0 aliphatic carbocycles. The molecule has 2 atom stereocenters. The summed E-state index contributed by atoms with van der Waals surface area (Å²) >= 11 is 0. The molecule has 1 saturated heterocycles. The Kier molecular flexibility index (Phi) is 5.30. The van der Waals surface area contributed by atoms with E-state index in [9.17, 15) is 9.59 Å². The monoisotopic (exact) mass is 518 g/mol. The second-order valence-corrected chi connectivity index (χ2v) is 10.7. The predicted molar refractivity (Wildman–Crippen MR) is 151 cm³/mol. The van der Waals surface area contributed by atoms with Gasteiger partial charge in [-0.25, -0.2) is 0 Å². The number of carbonyl (C=O) groups excluding carboxylic acids is 2. The summed E-state index contributed by atoms with van der Waals surface area (Å²) in [6, 6.07) is 24.2. The van der Waals surface area contributed by atoms with Crippen LogP contribution in [0.25, 0.3) is 21.8 Å². The van der Waals surface area contributed by atoms with Crippen molar-refractivity contribution >= 4 is 33.6 Å². The van der Waals surface area contributed by atoms with Crippen molar-refractivity contribution in [3.05, 3.63) is 101 Å². The number of aromatic nitrogens is 2. The molecule has 7 nitrogen and oxygen atoms in total. The molecule has 7 heteroatoms. The van der Waals surface area contributed by atoms with Gasteiger partial charge in [-0.2, -0.15) is 0 Å². The Morgan fingerprint density at radius 1 is 0.949 bits per heavy atom. The number of nitrogens with zero attached hydrogens (tertiary/aromatic N) is 2. The number of hydrogen-bond donors (Lipinski definition) is 2. The Balaban J connectivity index is 1.31. The quantitative estimate of drug-likeness (QED) is 0.346. The standard InChI is InChI=1S/C32H30N4O3/c1-32-30-29(23-11-4-7-13-26(23)34-30)24(22-10-5-8-14-27(22)39-2)18-36(32)28(37)19-35(31(32)38)16-15-20-17-33-25-12-6-3-9-21(20)25/h3-14,17,24,33-34H,15-16,18-19H2,1-2H3. The number of carbonyl (C=O) groups is 2. The number of piperazine rings is 1. The summed E-state index contributed by atoms with van der Waals surface area (Å²) in [5, 5.41) is 2.22. The average molecular weight is 519 g/mol. The minimum atomic E-state index is -1.12. The number of ether oxygens (including phenoxy) is 1. The molecule has 0 spiro atoms. The number of fused-ring (bicyclic) bond motifs is 6. The Bertz CT molecular complexity index is 1750. The van der Waals surface area contributed by atoms with Gasteiger partial charge < -0.3 is 24.5 Å². The summed E-state index contributed by atoms with van der Waals surface area (Å²) in [4.78, 5) is 38.5. The summed E-state index contributed by atoms with van der Waals surface area (Å²) in [6.45, 7) is 2.86. The first-order valence-electron chi connectivity index (χ1n) is 13.4. The third-order valence-electron chi connectivity index (χ3n) is 8.66. The number of amides is 2. The van der Waals surface area contributed by atoms with E-state index in [4.69, 9.17) is 4.74 Å². The third-order valence-corrected chi connectivity index (χ3v) is 8.66. The minimum absolute atomic E-state index is 0.0415.